The van der Waals surface area contributed by atoms with Gasteiger partial charge in [0.05, 0.1) is 38.2 Å². The first kappa shape index (κ1) is 36.5. The number of nitrogens with zero attached hydrogens (tertiary/aromatic N) is 2. The molecule has 2 aromatic carbocycles. The number of aliphatic carboxylic acids is 1. The maximum absolute atomic E-state index is 12.3. The van der Waals surface area contributed by atoms with E-state index in [1.165, 1.54) is 29.6 Å². The van der Waals surface area contributed by atoms with E-state index in [0.717, 1.165) is 19.8 Å². The molecule has 0 radical (unpaired) electrons. The second kappa shape index (κ2) is 15.6. The molecule has 8 nitrogen and oxygen atoms in total. The lowest BCUT2D eigenvalue weighted by atomic mass is 9.94. The third kappa shape index (κ3) is 9.78. The Bertz CT molecular complexity index is 1730. The van der Waals surface area contributed by atoms with Crippen molar-refractivity contribution in [3.8, 4) is 0 Å². The molecule has 0 saturated carbocycles. The normalized spacial score (nSPS) is 16.3. The van der Waals surface area contributed by atoms with Gasteiger partial charge in [-0.05, 0) is 76.6 Å². The number of Topliss-reactive ketones (excluding diaryl/α,β-unsaturated/α-hetero) is 1. The van der Waals surface area contributed by atoms with Crippen LogP contribution in [0.25, 0.3) is 11.1 Å². The van der Waals surface area contributed by atoms with Crippen LogP contribution < -0.4 is 0 Å². The number of esters is 1. The summed E-state index contributed by atoms with van der Waals surface area (Å²) in [7, 11) is 0. The molecule has 0 fully saturated rings. The zero-order valence-corrected chi connectivity index (χ0v) is 30.0. The highest BCUT2D eigenvalue weighted by molar-refractivity contribution is 9.10. The Morgan fingerprint density at radius 1 is 0.933 bits per heavy atom. The summed E-state index contributed by atoms with van der Waals surface area (Å²) in [5.41, 5.74) is 3.36. The van der Waals surface area contributed by atoms with Crippen LogP contribution >= 0.6 is 61.8 Å². The number of cyclic esters (lactones) is 1. The number of aromatic nitrogens is 2. The molecule has 0 spiro atoms. The number of aryl methyl sites for hydroxylation is 4. The van der Waals surface area contributed by atoms with Gasteiger partial charge < -0.3 is 14.9 Å². The molecular formula is C32H31BrCl2N2O6S2. The molecule has 1 aliphatic rings. The molecule has 0 aliphatic carbocycles. The van der Waals surface area contributed by atoms with E-state index >= 15 is 0 Å². The highest BCUT2D eigenvalue weighted by atomic mass is 79.9. The predicted octanol–water partition coefficient (Wildman–Crippen LogP) is 8.28. The number of carboxylic acids is 1. The Morgan fingerprint density at radius 2 is 1.44 bits per heavy atom. The Morgan fingerprint density at radius 3 is 1.89 bits per heavy atom. The Hall–Kier alpha value is -2.93. The van der Waals surface area contributed by atoms with Crippen molar-refractivity contribution >= 4 is 90.7 Å². The first-order chi connectivity index (χ1) is 21.0. The second-order valence-electron chi connectivity index (χ2n) is 10.1. The largest absolute Gasteiger partial charge is 0.481 e. The number of alkyl halides is 1. The number of carbonyl (C=O) groups excluding carboxylic acids is 2. The lowest BCUT2D eigenvalue weighted by Crippen LogP contribution is -2.26. The predicted molar refractivity (Wildman–Crippen MR) is 184 cm³/mol. The fraction of sp³-hybridized carbons (Fsp3) is 0.281. The van der Waals surface area contributed by atoms with Crippen LogP contribution in [0.5, 0.6) is 0 Å². The second-order valence-corrected chi connectivity index (χ2v) is 15.1. The number of rotatable bonds is 6. The molecule has 4 aromatic rings. The van der Waals surface area contributed by atoms with Crippen LogP contribution in [0.15, 0.2) is 48.5 Å². The number of hydrogen-bond donors (Lipinski definition) is 2. The molecule has 5 rings (SSSR count). The van der Waals surface area contributed by atoms with Gasteiger partial charge in [-0.25, -0.2) is 14.8 Å². The Balaban J connectivity index is 0.000000203. The average molecular weight is 755 g/mol. The summed E-state index contributed by atoms with van der Waals surface area (Å²) in [4.78, 5) is 44.2. The lowest BCUT2D eigenvalue weighted by molar-refractivity contribution is -0.169. The van der Waals surface area contributed by atoms with Crippen molar-refractivity contribution in [3.05, 3.63) is 101 Å². The number of hydrogen-bond acceptors (Lipinski definition) is 9. The molecule has 45 heavy (non-hydrogen) atoms. The first-order valence-electron chi connectivity index (χ1n) is 13.5. The maximum Gasteiger partial charge on any atom is 0.343 e. The van der Waals surface area contributed by atoms with E-state index in [9.17, 15) is 19.5 Å². The monoisotopic (exact) mass is 752 g/mol. The van der Waals surface area contributed by atoms with Crippen LogP contribution in [0.4, 0.5) is 0 Å². The van der Waals surface area contributed by atoms with E-state index in [4.69, 9.17) is 33.0 Å². The van der Waals surface area contributed by atoms with Gasteiger partial charge in [-0.15, -0.1) is 22.7 Å². The summed E-state index contributed by atoms with van der Waals surface area (Å²) in [6.07, 6.45) is 0.0379. The summed E-state index contributed by atoms with van der Waals surface area (Å²) in [6.45, 7) is 10.8. The molecule has 3 heterocycles. The van der Waals surface area contributed by atoms with Gasteiger partial charge in [-0.1, -0.05) is 51.3 Å². The third-order valence-corrected chi connectivity index (χ3v) is 9.03. The highest BCUT2D eigenvalue weighted by Gasteiger charge is 2.45. The number of carbonyl (C=O) groups is 3. The van der Waals surface area contributed by atoms with Crippen molar-refractivity contribution in [1.29, 1.82) is 0 Å². The smallest absolute Gasteiger partial charge is 0.343 e. The Kier molecular flexibility index (Phi) is 12.6. The summed E-state index contributed by atoms with van der Waals surface area (Å²) in [5, 5.41) is 22.0. The molecule has 13 heteroatoms. The fourth-order valence-corrected chi connectivity index (χ4v) is 6.52. The fourth-order valence-electron chi connectivity index (χ4n) is 4.34. The van der Waals surface area contributed by atoms with E-state index in [1.54, 1.807) is 55.5 Å². The standard InChI is InChI=1S/C16H14ClNO3S.C9H8BrClO.C7H9NO2S/c1-8-14(18-9(2)22-8)12-13(16(3,20)21-15(12)19)10-4-6-11(17)7-5-10;1-6(10)9(12)7-2-4-8(11)5-3-7;1-4-6(3-7(9)10)8-5(2)11-4/h4-7,20H,1-3H3;2-6H,1H3;3H2,1-2H3,(H,9,10). The summed E-state index contributed by atoms with van der Waals surface area (Å²) < 4.78 is 5.15. The number of halogens is 3. The van der Waals surface area contributed by atoms with Crippen LogP contribution in [0.3, 0.4) is 0 Å². The SMILES string of the molecule is CC(Br)C(=O)c1ccc(Cl)cc1.Cc1nc(C2=C(c3ccc(Cl)cc3)C(C)(O)OC2=O)c(C)s1.Cc1nc(CC(=O)O)c(C)s1. The van der Waals surface area contributed by atoms with Gasteiger partial charge >= 0.3 is 11.9 Å². The van der Waals surface area contributed by atoms with Gasteiger partial charge in [0.2, 0.25) is 5.79 Å². The minimum absolute atomic E-state index is 0.0379. The van der Waals surface area contributed by atoms with Gasteiger partial charge in [-0.3, -0.25) is 9.59 Å². The van der Waals surface area contributed by atoms with Gasteiger partial charge in [0.15, 0.2) is 5.78 Å². The molecule has 2 atom stereocenters. The Labute approximate surface area is 287 Å². The van der Waals surface area contributed by atoms with Crippen molar-refractivity contribution in [1.82, 2.24) is 9.97 Å². The quantitative estimate of drug-likeness (QED) is 0.115. The van der Waals surface area contributed by atoms with Crippen LogP contribution in [0.2, 0.25) is 10.0 Å². The minimum atomic E-state index is -1.69. The maximum atomic E-state index is 12.3. The number of ether oxygens (including phenoxy) is 1. The number of aliphatic hydroxyl groups is 1. The average Bonchev–Trinajstić information content (AvgIpc) is 3.53. The van der Waals surface area contributed by atoms with Crippen LogP contribution in [-0.4, -0.2) is 48.5 Å². The summed E-state index contributed by atoms with van der Waals surface area (Å²) >= 11 is 17.8. The van der Waals surface area contributed by atoms with Gasteiger partial charge in [0.25, 0.3) is 0 Å². The van der Waals surface area contributed by atoms with E-state index < -0.39 is 17.7 Å². The number of benzene rings is 2. The number of thiazole rings is 2. The zero-order chi connectivity index (χ0) is 33.6. The number of carboxylic acid groups (broad SMARTS) is 1. The highest BCUT2D eigenvalue weighted by Crippen LogP contribution is 2.43. The number of ketones is 1. The minimum Gasteiger partial charge on any atom is -0.481 e. The molecule has 2 aromatic heterocycles. The summed E-state index contributed by atoms with van der Waals surface area (Å²) in [6, 6.07) is 13.8. The molecule has 2 N–H and O–H groups in total. The summed E-state index contributed by atoms with van der Waals surface area (Å²) in [5.74, 6) is -3.00. The van der Waals surface area contributed by atoms with Crippen molar-refractivity contribution in [2.24, 2.45) is 0 Å². The molecule has 0 bridgehead atoms. The van der Waals surface area contributed by atoms with Gasteiger partial charge in [-0.2, -0.15) is 0 Å². The zero-order valence-electron chi connectivity index (χ0n) is 25.3. The molecule has 2 unspecified atom stereocenters. The molecule has 1 aliphatic heterocycles. The third-order valence-electron chi connectivity index (χ3n) is 6.29. The topological polar surface area (TPSA) is 127 Å². The lowest BCUT2D eigenvalue weighted by Gasteiger charge is -2.19. The van der Waals surface area contributed by atoms with Crippen LogP contribution in [0, 0.1) is 27.7 Å². The van der Waals surface area contributed by atoms with Gasteiger partial charge in [0, 0.05) is 37.9 Å². The van der Waals surface area contributed by atoms with E-state index in [2.05, 4.69) is 25.9 Å². The molecular weight excluding hydrogens is 723 g/mol. The molecule has 0 amide bonds. The molecule has 238 valence electrons. The van der Waals surface area contributed by atoms with Crippen molar-refractivity contribution in [2.45, 2.75) is 58.6 Å². The first-order valence-corrected chi connectivity index (χ1v) is 16.8. The van der Waals surface area contributed by atoms with Gasteiger partial charge in [0.1, 0.15) is 0 Å². The van der Waals surface area contributed by atoms with Crippen LogP contribution in [-0.2, 0) is 20.7 Å². The van der Waals surface area contributed by atoms with E-state index in [-0.39, 0.29) is 17.0 Å². The van der Waals surface area contributed by atoms with Crippen molar-refractivity contribution < 1.29 is 29.3 Å². The van der Waals surface area contributed by atoms with Crippen molar-refractivity contribution in [3.63, 3.8) is 0 Å². The van der Waals surface area contributed by atoms with E-state index in [1.807, 2.05) is 27.7 Å². The van der Waals surface area contributed by atoms with E-state index in [0.29, 0.717) is 43.7 Å². The molecule has 0 saturated heterocycles. The van der Waals surface area contributed by atoms with Crippen LogP contribution in [0.1, 0.15) is 60.9 Å². The van der Waals surface area contributed by atoms with Crippen molar-refractivity contribution in [2.75, 3.05) is 0 Å².